The van der Waals surface area contributed by atoms with Crippen molar-refractivity contribution in [3.63, 3.8) is 0 Å². The molecule has 0 bridgehead atoms. The van der Waals surface area contributed by atoms with E-state index in [9.17, 15) is 5.26 Å². The van der Waals surface area contributed by atoms with Gasteiger partial charge in [0.25, 0.3) is 0 Å². The SMILES string of the molecule is N#Cc1cccc(C2=NC(c3ccc4c(c3)sc3ccc(-c5ccc6c(c5)oc5ccc(-n7c8ccccc8c8ccccc87)cc56)cc34)NC(c3ccccc3)N2)c1. The summed E-state index contributed by atoms with van der Waals surface area (Å²) < 4.78 is 11.3. The molecule has 0 fully saturated rings. The van der Waals surface area contributed by atoms with Crippen LogP contribution in [-0.2, 0) is 0 Å². The number of nitrogens with zero attached hydrogens (tertiary/aromatic N) is 3. The van der Waals surface area contributed by atoms with E-state index in [1.807, 2.05) is 42.5 Å². The Bertz CT molecular complexity index is 3500. The van der Waals surface area contributed by atoms with Gasteiger partial charge < -0.3 is 14.3 Å². The Morgan fingerprint density at radius 3 is 2.14 bits per heavy atom. The third kappa shape index (κ3) is 5.53. The molecule has 12 rings (SSSR count). The summed E-state index contributed by atoms with van der Waals surface area (Å²) in [6.07, 6.45) is -0.452. The maximum atomic E-state index is 9.59. The number of hydrogen-bond donors (Lipinski definition) is 2. The van der Waals surface area contributed by atoms with Gasteiger partial charge in [-0.1, -0.05) is 103 Å². The van der Waals surface area contributed by atoms with Crippen molar-refractivity contribution >= 4 is 81.1 Å². The number of para-hydroxylation sites is 2. The standard InChI is InChI=1S/C52H33N5OS/c53-30-31-9-8-12-35(25-31)51-54-50(32-10-2-1-3-11-32)55-52(56-51)36-18-22-41-43-26-33(19-24-48(43)59-49(41)28-36)34-17-21-40-42-29-37(20-23-46(42)58-47(40)27-34)57-44-15-6-4-13-38(44)39-14-5-7-16-45(39)57/h1-29,50,52,55H,(H,54,56). The Morgan fingerprint density at radius 2 is 1.31 bits per heavy atom. The van der Waals surface area contributed by atoms with Gasteiger partial charge in [-0.25, -0.2) is 4.99 Å². The van der Waals surface area contributed by atoms with E-state index in [1.165, 1.54) is 42.0 Å². The maximum absolute atomic E-state index is 9.59. The number of nitriles is 1. The van der Waals surface area contributed by atoms with Gasteiger partial charge in [-0.3, -0.25) is 5.32 Å². The van der Waals surface area contributed by atoms with Crippen molar-refractivity contribution in [2.45, 2.75) is 12.3 Å². The van der Waals surface area contributed by atoms with Crippen LogP contribution in [0.3, 0.4) is 0 Å². The Labute approximate surface area is 342 Å². The second-order valence-corrected chi connectivity index (χ2v) is 16.2. The normalized spacial score (nSPS) is 15.6. The number of hydrogen-bond acceptors (Lipinski definition) is 6. The largest absolute Gasteiger partial charge is 0.456 e. The lowest BCUT2D eigenvalue weighted by Crippen LogP contribution is -2.44. The molecule has 8 aromatic carbocycles. The van der Waals surface area contributed by atoms with Gasteiger partial charge in [-0.15, -0.1) is 11.3 Å². The van der Waals surface area contributed by atoms with Crippen LogP contribution in [0.5, 0.6) is 0 Å². The van der Waals surface area contributed by atoms with Gasteiger partial charge in [0, 0.05) is 53.0 Å². The van der Waals surface area contributed by atoms with E-state index in [0.717, 1.165) is 61.3 Å². The van der Waals surface area contributed by atoms with E-state index in [1.54, 1.807) is 11.3 Å². The van der Waals surface area contributed by atoms with Crippen LogP contribution >= 0.6 is 11.3 Å². The third-order valence-electron chi connectivity index (χ3n) is 11.7. The lowest BCUT2D eigenvalue weighted by atomic mass is 10.0. The fourth-order valence-corrected chi connectivity index (χ4v) is 9.99. The van der Waals surface area contributed by atoms with E-state index in [0.29, 0.717) is 5.56 Å². The third-order valence-corrected chi connectivity index (χ3v) is 12.8. The Kier molecular flexibility index (Phi) is 7.57. The number of aliphatic imine (C=N–C) groups is 1. The fourth-order valence-electron chi connectivity index (χ4n) is 8.86. The van der Waals surface area contributed by atoms with Crippen molar-refractivity contribution in [2.75, 3.05) is 0 Å². The summed E-state index contributed by atoms with van der Waals surface area (Å²) in [5.74, 6) is 0.755. The zero-order chi connectivity index (χ0) is 39.0. The van der Waals surface area contributed by atoms with Crippen molar-refractivity contribution < 1.29 is 4.42 Å². The molecule has 6 nitrogen and oxygen atoms in total. The van der Waals surface area contributed by atoms with Crippen LogP contribution in [0.15, 0.2) is 185 Å². The van der Waals surface area contributed by atoms with E-state index in [4.69, 9.17) is 9.41 Å². The van der Waals surface area contributed by atoms with E-state index in [2.05, 4.69) is 155 Å². The molecular formula is C52H33N5OS. The van der Waals surface area contributed by atoms with Gasteiger partial charge in [0.05, 0.1) is 22.7 Å². The van der Waals surface area contributed by atoms with Crippen LogP contribution < -0.4 is 10.6 Å². The zero-order valence-corrected chi connectivity index (χ0v) is 32.4. The maximum Gasteiger partial charge on any atom is 0.136 e. The fraction of sp³-hybridized carbons (Fsp3) is 0.0385. The summed E-state index contributed by atoms with van der Waals surface area (Å²) in [5, 5.41) is 24.0. The van der Waals surface area contributed by atoms with Crippen LogP contribution in [0.1, 0.15) is 34.6 Å². The molecule has 2 atom stereocenters. The first-order valence-electron chi connectivity index (χ1n) is 19.7. The molecule has 1 aliphatic rings. The summed E-state index contributed by atoms with van der Waals surface area (Å²) in [5.41, 5.74) is 11.2. The highest BCUT2D eigenvalue weighted by Gasteiger charge is 2.26. The second-order valence-electron chi connectivity index (χ2n) is 15.2. The van der Waals surface area contributed by atoms with Gasteiger partial charge in [-0.05, 0) is 95.1 Å². The molecule has 3 aromatic heterocycles. The predicted octanol–water partition coefficient (Wildman–Crippen LogP) is 12.9. The number of furan rings is 1. The molecule has 11 aromatic rings. The number of nitrogens with one attached hydrogen (secondary N) is 2. The molecule has 0 amide bonds. The highest BCUT2D eigenvalue weighted by atomic mass is 32.1. The summed E-state index contributed by atoms with van der Waals surface area (Å²) >= 11 is 1.80. The van der Waals surface area contributed by atoms with E-state index in [-0.39, 0.29) is 12.3 Å². The zero-order valence-electron chi connectivity index (χ0n) is 31.6. The van der Waals surface area contributed by atoms with Crippen molar-refractivity contribution in [3.8, 4) is 22.9 Å². The molecule has 0 aliphatic carbocycles. The molecule has 7 heteroatoms. The van der Waals surface area contributed by atoms with Crippen LogP contribution in [0.2, 0.25) is 0 Å². The van der Waals surface area contributed by atoms with Crippen molar-refractivity contribution in [3.05, 3.63) is 198 Å². The first-order chi connectivity index (χ1) is 29.1. The average Bonchev–Trinajstić information content (AvgIpc) is 3.97. The minimum absolute atomic E-state index is 0.161. The number of rotatable bonds is 5. The first-order valence-corrected chi connectivity index (χ1v) is 20.5. The molecule has 2 unspecified atom stereocenters. The summed E-state index contributed by atoms with van der Waals surface area (Å²) in [4.78, 5) is 5.15. The van der Waals surface area contributed by atoms with Crippen LogP contribution in [0.4, 0.5) is 0 Å². The topological polar surface area (TPSA) is 78.3 Å². The van der Waals surface area contributed by atoms with Crippen LogP contribution in [0, 0.1) is 11.3 Å². The Balaban J connectivity index is 0.897. The average molecular weight is 776 g/mol. The lowest BCUT2D eigenvalue weighted by Gasteiger charge is -2.32. The molecule has 0 saturated carbocycles. The van der Waals surface area contributed by atoms with Gasteiger partial charge in [0.15, 0.2) is 0 Å². The number of amidine groups is 1. The molecule has 1 aliphatic heterocycles. The smallest absolute Gasteiger partial charge is 0.136 e. The van der Waals surface area contributed by atoms with Gasteiger partial charge in [0.1, 0.15) is 29.3 Å². The van der Waals surface area contributed by atoms with Crippen LogP contribution in [-0.4, -0.2) is 10.4 Å². The lowest BCUT2D eigenvalue weighted by molar-refractivity contribution is 0.409. The number of thiophene rings is 1. The predicted molar refractivity (Wildman–Crippen MR) is 242 cm³/mol. The van der Waals surface area contributed by atoms with Crippen molar-refractivity contribution in [1.29, 1.82) is 5.26 Å². The molecule has 59 heavy (non-hydrogen) atoms. The Morgan fingerprint density at radius 1 is 0.542 bits per heavy atom. The highest BCUT2D eigenvalue weighted by molar-refractivity contribution is 7.25. The van der Waals surface area contributed by atoms with Gasteiger partial charge in [-0.2, -0.15) is 5.26 Å². The molecular weight excluding hydrogens is 743 g/mol. The van der Waals surface area contributed by atoms with Crippen molar-refractivity contribution in [2.24, 2.45) is 4.99 Å². The molecule has 278 valence electrons. The molecule has 4 heterocycles. The number of fused-ring (bicyclic) bond motifs is 9. The summed E-state index contributed by atoms with van der Waals surface area (Å²) in [6, 6.07) is 64.0. The molecule has 0 spiro atoms. The minimum atomic E-state index is -0.291. The second kappa shape index (κ2) is 13.3. The minimum Gasteiger partial charge on any atom is -0.456 e. The Hall–Kier alpha value is -7.50. The van der Waals surface area contributed by atoms with Gasteiger partial charge in [0.2, 0.25) is 0 Å². The van der Waals surface area contributed by atoms with E-state index >= 15 is 0 Å². The summed E-state index contributed by atoms with van der Waals surface area (Å²) in [7, 11) is 0. The van der Waals surface area contributed by atoms with E-state index < -0.39 is 0 Å². The van der Waals surface area contributed by atoms with Crippen molar-refractivity contribution in [1.82, 2.24) is 15.2 Å². The quantitative estimate of drug-likeness (QED) is 0.182. The number of benzene rings is 8. The molecule has 2 N–H and O–H groups in total. The summed E-state index contributed by atoms with van der Waals surface area (Å²) in [6.45, 7) is 0. The van der Waals surface area contributed by atoms with Crippen LogP contribution in [0.25, 0.3) is 80.7 Å². The number of aromatic nitrogens is 1. The monoisotopic (exact) mass is 775 g/mol. The molecule has 0 saturated heterocycles. The first kappa shape index (κ1) is 33.6. The van der Waals surface area contributed by atoms with Gasteiger partial charge >= 0.3 is 0 Å². The molecule has 0 radical (unpaired) electrons. The highest BCUT2D eigenvalue weighted by Crippen LogP contribution is 2.40.